The number of amides is 1. The molecule has 0 saturated heterocycles. The second kappa shape index (κ2) is 7.47. The molecule has 1 heterocycles. The molecule has 1 aromatic rings. The van der Waals surface area contributed by atoms with Crippen molar-refractivity contribution in [3.05, 3.63) is 35.5 Å². The van der Waals surface area contributed by atoms with Crippen LogP contribution in [-0.4, -0.2) is 31.7 Å². The summed E-state index contributed by atoms with van der Waals surface area (Å²) in [4.78, 5) is 13.6. The topological polar surface area (TPSA) is 116 Å². The van der Waals surface area contributed by atoms with Crippen molar-refractivity contribution in [3.8, 4) is 0 Å². The molecule has 0 aliphatic carbocycles. The molecule has 0 aromatic heterocycles. The van der Waals surface area contributed by atoms with Gasteiger partial charge in [0.2, 0.25) is 0 Å². The quantitative estimate of drug-likeness (QED) is 0.558. The van der Waals surface area contributed by atoms with E-state index in [2.05, 4.69) is 4.72 Å². The van der Waals surface area contributed by atoms with Crippen LogP contribution in [0.5, 0.6) is 0 Å². The third-order valence-corrected chi connectivity index (χ3v) is 4.69. The molecule has 0 bridgehead atoms. The summed E-state index contributed by atoms with van der Waals surface area (Å²) >= 11 is 0. The van der Waals surface area contributed by atoms with E-state index in [1.807, 2.05) is 6.92 Å². The molecule has 9 heteroatoms. The van der Waals surface area contributed by atoms with Crippen LogP contribution in [0.2, 0.25) is 0 Å². The van der Waals surface area contributed by atoms with Gasteiger partial charge in [0.1, 0.15) is 0 Å². The van der Waals surface area contributed by atoms with Crippen LogP contribution >= 0.6 is 12.4 Å². The lowest BCUT2D eigenvalue weighted by Gasteiger charge is -2.21. The Morgan fingerprint density at radius 2 is 2.09 bits per heavy atom. The molecule has 0 saturated carbocycles. The summed E-state index contributed by atoms with van der Waals surface area (Å²) in [5.41, 5.74) is 6.15. The first-order valence-corrected chi connectivity index (χ1v) is 8.34. The van der Waals surface area contributed by atoms with Crippen molar-refractivity contribution >= 4 is 40.4 Å². The van der Waals surface area contributed by atoms with E-state index < -0.39 is 15.9 Å². The molecule has 1 aromatic carbocycles. The van der Waals surface area contributed by atoms with E-state index in [1.165, 1.54) is 18.3 Å². The summed E-state index contributed by atoms with van der Waals surface area (Å²) in [6, 6.07) is 4.41. The zero-order valence-electron chi connectivity index (χ0n) is 12.6. The van der Waals surface area contributed by atoms with Crippen LogP contribution in [0.25, 0.3) is 6.08 Å². The number of benzene rings is 1. The van der Waals surface area contributed by atoms with Crippen LogP contribution in [0.4, 0.5) is 0 Å². The number of carbonyl (C=O) groups is 1. The highest BCUT2D eigenvalue weighted by Gasteiger charge is 2.24. The number of carbonyl (C=O) groups excluding carboxylic acids is 1. The Balaban J connectivity index is 0.00000264. The summed E-state index contributed by atoms with van der Waals surface area (Å²) < 4.78 is 26.2. The molecule has 0 atom stereocenters. The molecule has 126 valence electrons. The maximum absolute atomic E-state index is 12.5. The number of hydrogen-bond donors (Lipinski definition) is 3. The van der Waals surface area contributed by atoms with Gasteiger partial charge < -0.3 is 5.73 Å². The normalized spacial score (nSPS) is 14.1. The van der Waals surface area contributed by atoms with E-state index >= 15 is 0 Å². The van der Waals surface area contributed by atoms with E-state index in [0.717, 1.165) is 11.3 Å². The Morgan fingerprint density at radius 1 is 1.39 bits per heavy atom. The lowest BCUT2D eigenvalue weighted by molar-refractivity contribution is 0.0843. The van der Waals surface area contributed by atoms with Gasteiger partial charge in [0.05, 0.1) is 4.90 Å². The zero-order valence-corrected chi connectivity index (χ0v) is 14.2. The first-order valence-electron chi connectivity index (χ1n) is 6.85. The van der Waals surface area contributed by atoms with Crippen LogP contribution in [0.15, 0.2) is 29.3 Å². The highest BCUT2D eigenvalue weighted by atomic mass is 35.5. The highest BCUT2D eigenvalue weighted by Crippen LogP contribution is 2.23. The highest BCUT2D eigenvalue weighted by molar-refractivity contribution is 7.89. The fourth-order valence-corrected chi connectivity index (χ4v) is 3.22. The standard InChI is InChI=1S/C14H18N4O3S.ClH/c1-2-3-8-18(14(15)16)13(19)11-5-4-10-6-7-17-22(20,21)12(10)9-11;/h4-7,9,17H,2-3,8H2,1H3,(H3,15,16);1H. The molecule has 2 rings (SSSR count). The molecule has 1 aliphatic heterocycles. The lowest BCUT2D eigenvalue weighted by atomic mass is 10.1. The van der Waals surface area contributed by atoms with Gasteiger partial charge in [0.25, 0.3) is 15.9 Å². The predicted molar refractivity (Wildman–Crippen MR) is 90.9 cm³/mol. The molecule has 4 N–H and O–H groups in total. The number of hydrogen-bond acceptors (Lipinski definition) is 4. The van der Waals surface area contributed by atoms with E-state index in [4.69, 9.17) is 11.1 Å². The van der Waals surface area contributed by atoms with Crippen molar-refractivity contribution < 1.29 is 13.2 Å². The average Bonchev–Trinajstić information content (AvgIpc) is 2.46. The van der Waals surface area contributed by atoms with Crippen molar-refractivity contribution in [1.29, 1.82) is 5.41 Å². The van der Waals surface area contributed by atoms with Gasteiger partial charge >= 0.3 is 0 Å². The van der Waals surface area contributed by atoms with Gasteiger partial charge in [-0.05, 0) is 30.2 Å². The largest absolute Gasteiger partial charge is 0.370 e. The number of unbranched alkanes of at least 4 members (excludes halogenated alkanes) is 1. The number of halogens is 1. The SMILES string of the molecule is CCCCN(C(=N)N)C(=O)c1ccc2c(c1)S(=O)(=O)NC=C2.Cl. The molecule has 23 heavy (non-hydrogen) atoms. The minimum absolute atomic E-state index is 0. The van der Waals surface area contributed by atoms with Gasteiger partial charge in [0.15, 0.2) is 5.96 Å². The Bertz CT molecular complexity index is 746. The Hall–Kier alpha value is -2.06. The Kier molecular flexibility index (Phi) is 6.17. The van der Waals surface area contributed by atoms with Crippen LogP contribution in [0.1, 0.15) is 35.7 Å². The van der Waals surface area contributed by atoms with Gasteiger partial charge in [-0.2, -0.15) is 0 Å². The minimum atomic E-state index is -3.65. The number of nitrogens with zero attached hydrogens (tertiary/aromatic N) is 1. The Morgan fingerprint density at radius 3 is 2.70 bits per heavy atom. The number of nitrogens with two attached hydrogens (primary N) is 1. The summed E-state index contributed by atoms with van der Waals surface area (Å²) in [6.45, 7) is 2.29. The maximum Gasteiger partial charge on any atom is 0.262 e. The number of guanidine groups is 1. The number of nitrogens with one attached hydrogen (secondary N) is 2. The van der Waals surface area contributed by atoms with Crippen molar-refractivity contribution in [2.24, 2.45) is 5.73 Å². The minimum Gasteiger partial charge on any atom is -0.370 e. The monoisotopic (exact) mass is 358 g/mol. The molecule has 1 amide bonds. The zero-order chi connectivity index (χ0) is 16.3. The van der Waals surface area contributed by atoms with Crippen LogP contribution in [0, 0.1) is 5.41 Å². The Labute approximate surface area is 141 Å². The fourth-order valence-electron chi connectivity index (χ4n) is 2.12. The fraction of sp³-hybridized carbons (Fsp3) is 0.286. The van der Waals surface area contributed by atoms with Crippen molar-refractivity contribution in [1.82, 2.24) is 9.62 Å². The lowest BCUT2D eigenvalue weighted by Crippen LogP contribution is -2.42. The molecule has 0 fully saturated rings. The summed E-state index contributed by atoms with van der Waals surface area (Å²) in [7, 11) is -3.65. The second-order valence-electron chi connectivity index (χ2n) is 4.90. The van der Waals surface area contributed by atoms with Crippen molar-refractivity contribution in [3.63, 3.8) is 0 Å². The average molecular weight is 359 g/mol. The maximum atomic E-state index is 12.5. The summed E-state index contributed by atoms with van der Waals surface area (Å²) in [5, 5.41) is 7.52. The van der Waals surface area contributed by atoms with E-state index in [-0.39, 0.29) is 28.8 Å². The summed E-state index contributed by atoms with van der Waals surface area (Å²) in [6.07, 6.45) is 4.51. The molecule has 1 aliphatic rings. The van der Waals surface area contributed by atoms with Crippen LogP contribution in [-0.2, 0) is 10.0 Å². The number of rotatable bonds is 4. The van der Waals surface area contributed by atoms with Crippen LogP contribution in [0.3, 0.4) is 0 Å². The molecule has 0 radical (unpaired) electrons. The first kappa shape index (κ1) is 19.0. The molecule has 0 unspecified atom stereocenters. The number of fused-ring (bicyclic) bond motifs is 1. The summed E-state index contributed by atoms with van der Waals surface area (Å²) in [5.74, 6) is -0.828. The molecule has 0 spiro atoms. The van der Waals surface area contributed by atoms with E-state index in [0.29, 0.717) is 18.5 Å². The second-order valence-corrected chi connectivity index (χ2v) is 6.59. The third kappa shape index (κ3) is 4.02. The van der Waals surface area contributed by atoms with E-state index in [9.17, 15) is 13.2 Å². The predicted octanol–water partition coefficient (Wildman–Crippen LogP) is 1.51. The molecular formula is C14H19ClN4O3S. The van der Waals surface area contributed by atoms with Crippen molar-refractivity contribution in [2.45, 2.75) is 24.7 Å². The van der Waals surface area contributed by atoms with Gasteiger partial charge in [-0.15, -0.1) is 12.4 Å². The smallest absolute Gasteiger partial charge is 0.262 e. The first-order chi connectivity index (χ1) is 10.4. The van der Waals surface area contributed by atoms with E-state index in [1.54, 1.807) is 12.1 Å². The van der Waals surface area contributed by atoms with Gasteiger partial charge in [-0.3, -0.25) is 19.8 Å². The van der Waals surface area contributed by atoms with Gasteiger partial charge in [-0.1, -0.05) is 19.4 Å². The third-order valence-electron chi connectivity index (χ3n) is 3.31. The van der Waals surface area contributed by atoms with Gasteiger partial charge in [-0.25, -0.2) is 8.42 Å². The van der Waals surface area contributed by atoms with Gasteiger partial charge in [0, 0.05) is 18.3 Å². The number of sulfonamides is 1. The molecular weight excluding hydrogens is 340 g/mol. The van der Waals surface area contributed by atoms with Crippen LogP contribution < -0.4 is 10.5 Å². The van der Waals surface area contributed by atoms with Crippen molar-refractivity contribution in [2.75, 3.05) is 6.54 Å². The molecule has 7 nitrogen and oxygen atoms in total.